The van der Waals surface area contributed by atoms with Crippen LogP contribution in [0.2, 0.25) is 5.02 Å². The number of likely N-dealkylation sites (tertiary alicyclic amines) is 1. The summed E-state index contributed by atoms with van der Waals surface area (Å²) in [5.74, 6) is 0.169. The van der Waals surface area contributed by atoms with Crippen LogP contribution in [0.3, 0.4) is 0 Å². The maximum absolute atomic E-state index is 13.7. The van der Waals surface area contributed by atoms with Crippen LogP contribution >= 0.6 is 23.8 Å². The summed E-state index contributed by atoms with van der Waals surface area (Å²) in [6.45, 7) is 6.31. The minimum atomic E-state index is -0.400. The van der Waals surface area contributed by atoms with Gasteiger partial charge in [-0.25, -0.2) is 4.39 Å². The average molecular weight is 314 g/mol. The minimum absolute atomic E-state index is 0.124. The molecule has 2 aromatic rings. The maximum Gasteiger partial charge on any atom is 0.178 e. The fraction of sp³-hybridized carbons (Fsp3) is 0.500. The van der Waals surface area contributed by atoms with Crippen LogP contribution in [0.5, 0.6) is 0 Å². The lowest BCUT2D eigenvalue weighted by Crippen LogP contribution is -2.21. The van der Waals surface area contributed by atoms with Crippen molar-refractivity contribution in [2.75, 3.05) is 19.6 Å². The van der Waals surface area contributed by atoms with Crippen molar-refractivity contribution in [2.45, 2.75) is 19.9 Å². The Morgan fingerprint density at radius 3 is 3.00 bits per heavy atom. The van der Waals surface area contributed by atoms with Crippen LogP contribution in [-0.2, 0) is 6.54 Å². The summed E-state index contributed by atoms with van der Waals surface area (Å²) < 4.78 is 16.3. The lowest BCUT2D eigenvalue weighted by molar-refractivity contribution is 0.333. The maximum atomic E-state index is 13.7. The molecule has 0 spiro atoms. The molecule has 0 radical (unpaired) electrons. The van der Waals surface area contributed by atoms with Gasteiger partial charge in [-0.3, -0.25) is 0 Å². The lowest BCUT2D eigenvalue weighted by Gasteiger charge is -2.14. The number of imidazole rings is 1. The standard InChI is InChI=1S/C14H17ClFN3S/c1-2-18-4-3-9(7-18)8-19-13-6-11(16)10(15)5-12(13)17-14(19)20/h5-6,9H,2-4,7-8H2,1H3,(H,17,20). The van der Waals surface area contributed by atoms with Crippen LogP contribution in [0.25, 0.3) is 11.0 Å². The van der Waals surface area contributed by atoms with E-state index in [1.54, 1.807) is 6.07 Å². The molecular formula is C14H17ClFN3S. The molecule has 1 fully saturated rings. The number of hydrogen-bond acceptors (Lipinski definition) is 2. The zero-order valence-electron chi connectivity index (χ0n) is 11.3. The van der Waals surface area contributed by atoms with E-state index in [-0.39, 0.29) is 5.02 Å². The van der Waals surface area contributed by atoms with E-state index in [2.05, 4.69) is 16.8 Å². The second-order valence-electron chi connectivity index (χ2n) is 5.37. The van der Waals surface area contributed by atoms with Gasteiger partial charge in [0.15, 0.2) is 4.77 Å². The molecule has 1 N–H and O–H groups in total. The van der Waals surface area contributed by atoms with Crippen LogP contribution in [0.1, 0.15) is 13.3 Å². The molecule has 20 heavy (non-hydrogen) atoms. The number of aromatic nitrogens is 2. The van der Waals surface area contributed by atoms with Gasteiger partial charge in [-0.1, -0.05) is 18.5 Å². The molecule has 108 valence electrons. The largest absolute Gasteiger partial charge is 0.331 e. The summed E-state index contributed by atoms with van der Waals surface area (Å²) in [4.78, 5) is 5.54. The van der Waals surface area contributed by atoms with E-state index < -0.39 is 5.82 Å². The molecular weight excluding hydrogens is 297 g/mol. The predicted molar refractivity (Wildman–Crippen MR) is 82.3 cm³/mol. The lowest BCUT2D eigenvalue weighted by atomic mass is 10.1. The number of rotatable bonds is 3. The van der Waals surface area contributed by atoms with Crippen molar-refractivity contribution in [3.8, 4) is 0 Å². The number of aromatic amines is 1. The highest BCUT2D eigenvalue weighted by Crippen LogP contribution is 2.25. The SMILES string of the molecule is CCN1CCC(Cn2c(=S)[nH]c3cc(Cl)c(F)cc32)C1. The Morgan fingerprint density at radius 1 is 1.50 bits per heavy atom. The van der Waals surface area contributed by atoms with Crippen LogP contribution in [0.4, 0.5) is 4.39 Å². The second kappa shape index (κ2) is 5.47. The molecule has 1 aromatic heterocycles. The summed E-state index contributed by atoms with van der Waals surface area (Å²) in [5, 5.41) is 0.124. The fourth-order valence-corrected chi connectivity index (χ4v) is 3.39. The van der Waals surface area contributed by atoms with Crippen molar-refractivity contribution >= 4 is 34.9 Å². The van der Waals surface area contributed by atoms with E-state index in [1.165, 1.54) is 12.5 Å². The molecule has 2 heterocycles. The van der Waals surface area contributed by atoms with Gasteiger partial charge in [-0.2, -0.15) is 0 Å². The van der Waals surface area contributed by atoms with Gasteiger partial charge in [0.2, 0.25) is 0 Å². The summed E-state index contributed by atoms with van der Waals surface area (Å²) in [6, 6.07) is 3.07. The number of hydrogen-bond donors (Lipinski definition) is 1. The van der Waals surface area contributed by atoms with Crippen molar-refractivity contribution in [1.29, 1.82) is 0 Å². The highest BCUT2D eigenvalue weighted by atomic mass is 35.5. The van der Waals surface area contributed by atoms with Crippen molar-refractivity contribution in [2.24, 2.45) is 5.92 Å². The van der Waals surface area contributed by atoms with Gasteiger partial charge in [0.05, 0.1) is 16.1 Å². The van der Waals surface area contributed by atoms with E-state index in [0.29, 0.717) is 10.7 Å². The van der Waals surface area contributed by atoms with Gasteiger partial charge < -0.3 is 14.5 Å². The normalized spacial score (nSPS) is 20.1. The van der Waals surface area contributed by atoms with Crippen molar-refractivity contribution in [3.63, 3.8) is 0 Å². The van der Waals surface area contributed by atoms with Crippen LogP contribution in [0, 0.1) is 16.5 Å². The van der Waals surface area contributed by atoms with E-state index >= 15 is 0 Å². The molecule has 0 aliphatic carbocycles. The Balaban J connectivity index is 1.93. The van der Waals surface area contributed by atoms with Gasteiger partial charge in [0, 0.05) is 19.2 Å². The average Bonchev–Trinajstić information content (AvgIpc) is 2.98. The molecule has 1 unspecified atom stereocenters. The molecule has 1 saturated heterocycles. The third-order valence-corrected chi connectivity index (χ3v) is 4.69. The summed E-state index contributed by atoms with van der Waals surface area (Å²) in [7, 11) is 0. The van der Waals surface area contributed by atoms with Crippen LogP contribution in [-0.4, -0.2) is 34.1 Å². The molecule has 0 saturated carbocycles. The third kappa shape index (κ3) is 2.50. The van der Waals surface area contributed by atoms with E-state index in [4.69, 9.17) is 23.8 Å². The Labute approximate surface area is 127 Å². The van der Waals surface area contributed by atoms with Crippen molar-refractivity contribution in [1.82, 2.24) is 14.5 Å². The molecule has 3 rings (SSSR count). The number of fused-ring (bicyclic) bond motifs is 1. The first-order valence-electron chi connectivity index (χ1n) is 6.88. The number of halogens is 2. The molecule has 1 aliphatic heterocycles. The Hall–Kier alpha value is -0.910. The van der Waals surface area contributed by atoms with Gasteiger partial charge in [-0.15, -0.1) is 0 Å². The first kappa shape index (κ1) is 14.0. The number of H-pyrrole nitrogens is 1. The number of nitrogens with one attached hydrogen (secondary N) is 1. The number of benzene rings is 1. The Bertz CT molecular complexity index is 694. The van der Waals surface area contributed by atoms with E-state index in [0.717, 1.165) is 37.2 Å². The molecule has 0 bridgehead atoms. The Morgan fingerprint density at radius 2 is 2.30 bits per heavy atom. The zero-order valence-corrected chi connectivity index (χ0v) is 12.9. The first-order valence-corrected chi connectivity index (χ1v) is 7.67. The molecule has 3 nitrogen and oxygen atoms in total. The quantitative estimate of drug-likeness (QED) is 0.871. The Kier molecular flexibility index (Phi) is 3.84. The predicted octanol–water partition coefficient (Wildman–Crippen LogP) is 3.83. The van der Waals surface area contributed by atoms with Crippen LogP contribution < -0.4 is 0 Å². The topological polar surface area (TPSA) is 24.0 Å². The molecule has 1 aliphatic rings. The monoisotopic (exact) mass is 313 g/mol. The first-order chi connectivity index (χ1) is 9.58. The summed E-state index contributed by atoms with van der Waals surface area (Å²) >= 11 is 11.2. The fourth-order valence-electron chi connectivity index (χ4n) is 2.94. The molecule has 1 atom stereocenters. The van der Waals surface area contributed by atoms with E-state index in [9.17, 15) is 4.39 Å². The van der Waals surface area contributed by atoms with Gasteiger partial charge >= 0.3 is 0 Å². The molecule has 0 amide bonds. The smallest absolute Gasteiger partial charge is 0.178 e. The van der Waals surface area contributed by atoms with E-state index in [1.807, 2.05) is 4.57 Å². The highest BCUT2D eigenvalue weighted by molar-refractivity contribution is 7.71. The summed E-state index contributed by atoms with van der Waals surface area (Å²) in [5.41, 5.74) is 1.60. The van der Waals surface area contributed by atoms with Crippen LogP contribution in [0.15, 0.2) is 12.1 Å². The number of nitrogens with zero attached hydrogens (tertiary/aromatic N) is 2. The molecule has 1 aromatic carbocycles. The zero-order chi connectivity index (χ0) is 14.3. The third-order valence-electron chi connectivity index (χ3n) is 4.07. The van der Waals surface area contributed by atoms with Gasteiger partial charge in [0.25, 0.3) is 0 Å². The van der Waals surface area contributed by atoms with Crippen molar-refractivity contribution < 1.29 is 4.39 Å². The van der Waals surface area contributed by atoms with Gasteiger partial charge in [0.1, 0.15) is 5.82 Å². The summed E-state index contributed by atoms with van der Waals surface area (Å²) in [6.07, 6.45) is 1.17. The second-order valence-corrected chi connectivity index (χ2v) is 6.17. The van der Waals surface area contributed by atoms with Gasteiger partial charge in [-0.05, 0) is 43.7 Å². The van der Waals surface area contributed by atoms with Crippen molar-refractivity contribution in [3.05, 3.63) is 27.7 Å². The molecule has 6 heteroatoms. The minimum Gasteiger partial charge on any atom is -0.331 e. The highest BCUT2D eigenvalue weighted by Gasteiger charge is 2.22.